The number of aryl methyl sites for hydroxylation is 1. The molecule has 0 unspecified atom stereocenters. The van der Waals surface area contributed by atoms with Crippen molar-refractivity contribution in [2.75, 3.05) is 4.72 Å². The van der Waals surface area contributed by atoms with Crippen molar-refractivity contribution >= 4 is 27.2 Å². The van der Waals surface area contributed by atoms with Gasteiger partial charge in [0.2, 0.25) is 0 Å². The second-order valence-electron chi connectivity index (χ2n) is 4.95. The average Bonchev–Trinajstić information content (AvgIpc) is 2.49. The minimum absolute atomic E-state index is 0.194. The van der Waals surface area contributed by atoms with E-state index in [4.69, 9.17) is 0 Å². The van der Waals surface area contributed by atoms with Gasteiger partial charge in [0.25, 0.3) is 15.7 Å². The molecule has 0 aromatic heterocycles. The summed E-state index contributed by atoms with van der Waals surface area (Å²) >= 11 is 0. The van der Waals surface area contributed by atoms with E-state index in [1.54, 1.807) is 19.1 Å². The third kappa shape index (κ3) is 3.72. The second-order valence-corrected chi connectivity index (χ2v) is 6.63. The Morgan fingerprint density at radius 2 is 1.87 bits per heavy atom. The Kier molecular flexibility index (Phi) is 4.46. The first kappa shape index (κ1) is 16.6. The van der Waals surface area contributed by atoms with Crippen LogP contribution in [0.1, 0.15) is 22.8 Å². The number of sulfonamides is 1. The number of non-ortho nitro benzene ring substituents is 1. The molecule has 0 heterocycles. The number of carbonyl (C=O) groups excluding carboxylic acids is 1. The number of hydrogen-bond acceptors (Lipinski definition) is 5. The molecule has 2 aromatic rings. The molecule has 1 N–H and O–H groups in total. The van der Waals surface area contributed by atoms with E-state index in [0.29, 0.717) is 11.1 Å². The van der Waals surface area contributed by atoms with E-state index in [9.17, 15) is 23.3 Å². The predicted octanol–water partition coefficient (Wildman–Crippen LogP) is 2.91. The molecule has 2 aromatic carbocycles. The quantitative estimate of drug-likeness (QED) is 0.514. The Bertz CT molecular complexity index is 890. The molecule has 8 heteroatoms. The fourth-order valence-corrected chi connectivity index (χ4v) is 3.08. The Morgan fingerprint density at radius 3 is 2.48 bits per heavy atom. The highest BCUT2D eigenvalue weighted by Crippen LogP contribution is 2.23. The fraction of sp³-hybridized carbons (Fsp3) is 0.133. The molecule has 0 aliphatic rings. The van der Waals surface area contributed by atoms with Gasteiger partial charge in [-0.3, -0.25) is 19.6 Å². The van der Waals surface area contributed by atoms with Crippen molar-refractivity contribution < 1.29 is 18.1 Å². The zero-order chi connectivity index (χ0) is 17.2. The molecule has 0 saturated heterocycles. The molecule has 0 atom stereocenters. The van der Waals surface area contributed by atoms with Gasteiger partial charge in [-0.2, -0.15) is 0 Å². The van der Waals surface area contributed by atoms with Crippen LogP contribution < -0.4 is 4.72 Å². The number of nitrogens with one attached hydrogen (secondary N) is 1. The van der Waals surface area contributed by atoms with Gasteiger partial charge in [-0.05, 0) is 31.5 Å². The lowest BCUT2D eigenvalue weighted by Crippen LogP contribution is -2.14. The van der Waals surface area contributed by atoms with Crippen LogP contribution in [0.5, 0.6) is 0 Å². The number of nitro groups is 1. The van der Waals surface area contributed by atoms with Crippen molar-refractivity contribution in [1.82, 2.24) is 0 Å². The van der Waals surface area contributed by atoms with Crippen LogP contribution in [0.3, 0.4) is 0 Å². The molecule has 7 nitrogen and oxygen atoms in total. The van der Waals surface area contributed by atoms with E-state index in [1.807, 2.05) is 0 Å². The van der Waals surface area contributed by atoms with Gasteiger partial charge in [-0.1, -0.05) is 18.2 Å². The zero-order valence-corrected chi connectivity index (χ0v) is 13.3. The molecule has 0 spiro atoms. The molecule has 23 heavy (non-hydrogen) atoms. The first-order valence-electron chi connectivity index (χ1n) is 6.59. The average molecular weight is 334 g/mol. The molecule has 2 rings (SSSR count). The monoisotopic (exact) mass is 334 g/mol. The maximum absolute atomic E-state index is 12.4. The highest BCUT2D eigenvalue weighted by atomic mass is 32.2. The van der Waals surface area contributed by atoms with Gasteiger partial charge < -0.3 is 0 Å². The third-order valence-corrected chi connectivity index (χ3v) is 4.59. The highest BCUT2D eigenvalue weighted by molar-refractivity contribution is 7.92. The highest BCUT2D eigenvalue weighted by Gasteiger charge is 2.19. The SMILES string of the molecule is CC(=O)c1ccc(C)c(NS(=O)(=O)c2cccc([N+](=O)[O-])c2)c1. The maximum atomic E-state index is 12.4. The molecule has 0 saturated carbocycles. The Labute approximate surface area is 133 Å². The summed E-state index contributed by atoms with van der Waals surface area (Å²) in [5.74, 6) is -0.194. The van der Waals surface area contributed by atoms with Crippen molar-refractivity contribution in [2.24, 2.45) is 0 Å². The fourth-order valence-electron chi connectivity index (χ4n) is 1.92. The normalized spacial score (nSPS) is 11.0. The van der Waals surface area contributed by atoms with Crippen LogP contribution in [-0.2, 0) is 10.0 Å². The van der Waals surface area contributed by atoms with Crippen LogP contribution in [0.15, 0.2) is 47.4 Å². The summed E-state index contributed by atoms with van der Waals surface area (Å²) in [6.07, 6.45) is 0. The smallest absolute Gasteiger partial charge is 0.270 e. The largest absolute Gasteiger partial charge is 0.295 e. The van der Waals surface area contributed by atoms with Gasteiger partial charge in [0.15, 0.2) is 5.78 Å². The zero-order valence-electron chi connectivity index (χ0n) is 12.4. The predicted molar refractivity (Wildman–Crippen MR) is 85.1 cm³/mol. The molecule has 0 amide bonds. The lowest BCUT2D eigenvalue weighted by Gasteiger charge is -2.11. The second kappa shape index (κ2) is 6.17. The minimum Gasteiger partial charge on any atom is -0.295 e. The van der Waals surface area contributed by atoms with E-state index in [1.165, 1.54) is 31.2 Å². The summed E-state index contributed by atoms with van der Waals surface area (Å²) in [4.78, 5) is 21.3. The van der Waals surface area contributed by atoms with E-state index >= 15 is 0 Å². The number of nitro benzene ring substituents is 1. The van der Waals surface area contributed by atoms with E-state index < -0.39 is 14.9 Å². The summed E-state index contributed by atoms with van der Waals surface area (Å²) in [5, 5.41) is 10.8. The molecule has 0 fully saturated rings. The number of nitrogens with zero attached hydrogens (tertiary/aromatic N) is 1. The molecule has 120 valence electrons. The van der Waals surface area contributed by atoms with E-state index in [2.05, 4.69) is 4.72 Å². The summed E-state index contributed by atoms with van der Waals surface area (Å²) in [5.41, 5.74) is 0.933. The van der Waals surface area contributed by atoms with Crippen LogP contribution in [0.25, 0.3) is 0 Å². The number of carbonyl (C=O) groups is 1. The topological polar surface area (TPSA) is 106 Å². The molecule has 0 radical (unpaired) electrons. The molecular formula is C15H14N2O5S. The van der Waals surface area contributed by atoms with Crippen molar-refractivity contribution in [3.63, 3.8) is 0 Å². The van der Waals surface area contributed by atoms with E-state index in [0.717, 1.165) is 6.07 Å². The van der Waals surface area contributed by atoms with Gasteiger partial charge in [-0.15, -0.1) is 0 Å². The van der Waals surface area contributed by atoms with Crippen molar-refractivity contribution in [3.8, 4) is 0 Å². The number of hydrogen-bond donors (Lipinski definition) is 1. The Morgan fingerprint density at radius 1 is 1.17 bits per heavy atom. The maximum Gasteiger partial charge on any atom is 0.270 e. The van der Waals surface area contributed by atoms with Crippen LogP contribution in [0, 0.1) is 17.0 Å². The molecule has 0 bridgehead atoms. The van der Waals surface area contributed by atoms with Crippen LogP contribution in [0.4, 0.5) is 11.4 Å². The first-order chi connectivity index (χ1) is 10.7. The summed E-state index contributed by atoms with van der Waals surface area (Å²) in [6.45, 7) is 3.07. The van der Waals surface area contributed by atoms with Gasteiger partial charge in [0.05, 0.1) is 15.5 Å². The van der Waals surface area contributed by atoms with Crippen LogP contribution >= 0.6 is 0 Å². The third-order valence-electron chi connectivity index (χ3n) is 3.23. The number of rotatable bonds is 5. The Balaban J connectivity index is 2.42. The first-order valence-corrected chi connectivity index (χ1v) is 8.08. The molecule has 0 aliphatic heterocycles. The van der Waals surface area contributed by atoms with Crippen LogP contribution in [0.2, 0.25) is 0 Å². The number of anilines is 1. The lowest BCUT2D eigenvalue weighted by atomic mass is 10.1. The summed E-state index contributed by atoms with van der Waals surface area (Å²) in [7, 11) is -4.00. The van der Waals surface area contributed by atoms with Crippen molar-refractivity contribution in [2.45, 2.75) is 18.7 Å². The van der Waals surface area contributed by atoms with Gasteiger partial charge >= 0.3 is 0 Å². The van der Waals surface area contributed by atoms with Gasteiger partial charge in [-0.25, -0.2) is 8.42 Å². The lowest BCUT2D eigenvalue weighted by molar-refractivity contribution is -0.385. The number of Topliss-reactive ketones (excluding diaryl/α,β-unsaturated/α-hetero) is 1. The van der Waals surface area contributed by atoms with Gasteiger partial charge in [0, 0.05) is 17.7 Å². The molecular weight excluding hydrogens is 320 g/mol. The van der Waals surface area contributed by atoms with Crippen LogP contribution in [-0.4, -0.2) is 19.1 Å². The van der Waals surface area contributed by atoms with E-state index in [-0.39, 0.29) is 22.1 Å². The Hall–Kier alpha value is -2.74. The summed E-state index contributed by atoms with van der Waals surface area (Å²) < 4.78 is 27.1. The van der Waals surface area contributed by atoms with Crippen molar-refractivity contribution in [1.29, 1.82) is 0 Å². The standard InChI is InChI=1S/C15H14N2O5S/c1-10-6-7-12(11(2)18)8-15(10)16-23(21,22)14-5-3-4-13(9-14)17(19)20/h3-9,16H,1-2H3. The molecule has 0 aliphatic carbocycles. The van der Waals surface area contributed by atoms with Crippen molar-refractivity contribution in [3.05, 3.63) is 63.7 Å². The summed E-state index contributed by atoms with van der Waals surface area (Å²) in [6, 6.07) is 9.41. The van der Waals surface area contributed by atoms with Gasteiger partial charge in [0.1, 0.15) is 0 Å². The number of benzene rings is 2. The minimum atomic E-state index is -4.00. The number of ketones is 1.